The summed E-state index contributed by atoms with van der Waals surface area (Å²) in [4.78, 5) is 2.57. The molecule has 0 bridgehead atoms. The maximum absolute atomic E-state index is 3.47. The molecule has 0 aromatic carbocycles. The third kappa shape index (κ3) is 2.71. The first-order valence-electron chi connectivity index (χ1n) is 6.17. The van der Waals surface area contributed by atoms with E-state index in [-0.39, 0.29) is 0 Å². The molecule has 0 aliphatic carbocycles. The van der Waals surface area contributed by atoms with Crippen LogP contribution >= 0.6 is 0 Å². The van der Waals surface area contributed by atoms with E-state index in [4.69, 9.17) is 0 Å². The summed E-state index contributed by atoms with van der Waals surface area (Å²) in [6, 6.07) is 0. The van der Waals surface area contributed by atoms with Crippen LogP contribution in [0.4, 0.5) is 0 Å². The SMILES string of the molecule is CCC.CN1CCCCC12CCNC2. The first-order valence-corrected chi connectivity index (χ1v) is 6.17. The van der Waals surface area contributed by atoms with Crippen LogP contribution in [0.1, 0.15) is 46.0 Å². The minimum atomic E-state index is 0.554. The third-order valence-electron chi connectivity index (χ3n) is 3.42. The Morgan fingerprint density at radius 3 is 2.43 bits per heavy atom. The summed E-state index contributed by atoms with van der Waals surface area (Å²) in [7, 11) is 2.28. The molecule has 1 N–H and O–H groups in total. The molecule has 0 amide bonds. The summed E-state index contributed by atoms with van der Waals surface area (Å²) in [6.07, 6.45) is 6.87. The summed E-state index contributed by atoms with van der Waals surface area (Å²) in [5, 5.41) is 3.47. The largest absolute Gasteiger partial charge is 0.315 e. The zero-order valence-corrected chi connectivity index (χ0v) is 10.1. The van der Waals surface area contributed by atoms with Crippen molar-refractivity contribution < 1.29 is 0 Å². The van der Waals surface area contributed by atoms with Gasteiger partial charge in [-0.2, -0.15) is 0 Å². The molecule has 2 aliphatic rings. The zero-order chi connectivity index (χ0) is 10.4. The number of likely N-dealkylation sites (tertiary alicyclic amines) is 1. The predicted molar refractivity (Wildman–Crippen MR) is 62.7 cm³/mol. The summed E-state index contributed by atoms with van der Waals surface area (Å²) in [6.45, 7) is 8.01. The molecule has 84 valence electrons. The molecule has 2 fully saturated rings. The first-order chi connectivity index (χ1) is 6.75. The van der Waals surface area contributed by atoms with Crippen molar-refractivity contribution in [1.29, 1.82) is 0 Å². The number of hydrogen-bond acceptors (Lipinski definition) is 2. The Morgan fingerprint density at radius 2 is 1.93 bits per heavy atom. The highest BCUT2D eigenvalue weighted by molar-refractivity contribution is 4.98. The lowest BCUT2D eigenvalue weighted by molar-refractivity contribution is 0.0911. The maximum Gasteiger partial charge on any atom is 0.0342 e. The average Bonchev–Trinajstić information content (AvgIpc) is 2.62. The molecule has 1 atom stereocenters. The number of nitrogens with zero attached hydrogens (tertiary/aromatic N) is 1. The summed E-state index contributed by atoms with van der Waals surface area (Å²) >= 11 is 0. The molecule has 2 heterocycles. The van der Waals surface area contributed by atoms with Crippen LogP contribution in [0.15, 0.2) is 0 Å². The number of likely N-dealkylation sites (N-methyl/N-ethyl adjacent to an activating group) is 1. The molecular formula is C12H26N2. The van der Waals surface area contributed by atoms with Crippen molar-refractivity contribution in [3.8, 4) is 0 Å². The highest BCUT2D eigenvalue weighted by atomic mass is 15.2. The molecule has 2 aliphatic heterocycles. The second kappa shape index (κ2) is 5.72. The number of hydrogen-bond donors (Lipinski definition) is 1. The van der Waals surface area contributed by atoms with Crippen LogP contribution in [0.3, 0.4) is 0 Å². The van der Waals surface area contributed by atoms with Gasteiger partial charge in [-0.15, -0.1) is 0 Å². The van der Waals surface area contributed by atoms with Gasteiger partial charge < -0.3 is 5.32 Å². The average molecular weight is 198 g/mol. The molecule has 2 saturated heterocycles. The normalized spacial score (nSPS) is 32.8. The van der Waals surface area contributed by atoms with E-state index in [2.05, 4.69) is 31.1 Å². The Kier molecular flexibility index (Phi) is 4.90. The van der Waals surface area contributed by atoms with Gasteiger partial charge in [-0.1, -0.05) is 26.7 Å². The van der Waals surface area contributed by atoms with Crippen molar-refractivity contribution in [2.75, 3.05) is 26.7 Å². The van der Waals surface area contributed by atoms with E-state index in [9.17, 15) is 0 Å². The van der Waals surface area contributed by atoms with E-state index >= 15 is 0 Å². The summed E-state index contributed by atoms with van der Waals surface area (Å²) in [5.74, 6) is 0. The van der Waals surface area contributed by atoms with E-state index in [1.807, 2.05) is 0 Å². The third-order valence-corrected chi connectivity index (χ3v) is 3.42. The van der Waals surface area contributed by atoms with Gasteiger partial charge in [0.2, 0.25) is 0 Å². The molecule has 0 aromatic rings. The second-order valence-electron chi connectivity index (χ2n) is 4.74. The monoisotopic (exact) mass is 198 g/mol. The van der Waals surface area contributed by atoms with Gasteiger partial charge in [0.1, 0.15) is 0 Å². The zero-order valence-electron chi connectivity index (χ0n) is 10.1. The molecule has 1 spiro atoms. The van der Waals surface area contributed by atoms with Crippen molar-refractivity contribution in [2.24, 2.45) is 0 Å². The van der Waals surface area contributed by atoms with E-state index in [1.165, 1.54) is 51.7 Å². The lowest BCUT2D eigenvalue weighted by Gasteiger charge is -2.42. The Labute approximate surface area is 89.1 Å². The van der Waals surface area contributed by atoms with E-state index in [0.29, 0.717) is 5.54 Å². The van der Waals surface area contributed by atoms with Gasteiger partial charge in [0.05, 0.1) is 0 Å². The second-order valence-corrected chi connectivity index (χ2v) is 4.74. The quantitative estimate of drug-likeness (QED) is 0.642. The van der Waals surface area contributed by atoms with Gasteiger partial charge in [0.15, 0.2) is 0 Å². The molecular weight excluding hydrogens is 172 g/mol. The molecule has 2 rings (SSSR count). The maximum atomic E-state index is 3.47. The van der Waals surface area contributed by atoms with Gasteiger partial charge >= 0.3 is 0 Å². The molecule has 2 heteroatoms. The Morgan fingerprint density at radius 1 is 1.21 bits per heavy atom. The smallest absolute Gasteiger partial charge is 0.0342 e. The molecule has 14 heavy (non-hydrogen) atoms. The fraction of sp³-hybridized carbons (Fsp3) is 1.00. The topological polar surface area (TPSA) is 15.3 Å². The standard InChI is InChI=1S/C9H18N2.C3H8/c1-11-7-3-2-4-9(11)5-6-10-8-9;1-3-2/h10H,2-8H2,1H3;3H2,1-2H3. The minimum Gasteiger partial charge on any atom is -0.315 e. The van der Waals surface area contributed by atoms with Crippen molar-refractivity contribution in [2.45, 2.75) is 51.5 Å². The van der Waals surface area contributed by atoms with Crippen LogP contribution in [0, 0.1) is 0 Å². The summed E-state index contributed by atoms with van der Waals surface area (Å²) in [5.41, 5.74) is 0.554. The molecule has 0 aromatic heterocycles. The fourth-order valence-electron chi connectivity index (χ4n) is 2.50. The first kappa shape index (κ1) is 12.0. The van der Waals surface area contributed by atoms with Crippen LogP contribution in [0.5, 0.6) is 0 Å². The lowest BCUT2D eigenvalue weighted by atomic mass is 9.86. The van der Waals surface area contributed by atoms with Crippen LogP contribution < -0.4 is 5.32 Å². The van der Waals surface area contributed by atoms with Crippen molar-refractivity contribution >= 4 is 0 Å². The Bertz CT molecular complexity index is 150. The van der Waals surface area contributed by atoms with Crippen molar-refractivity contribution in [3.05, 3.63) is 0 Å². The van der Waals surface area contributed by atoms with E-state index in [1.54, 1.807) is 0 Å². The number of piperidine rings is 1. The van der Waals surface area contributed by atoms with Gasteiger partial charge in [-0.05, 0) is 39.4 Å². The van der Waals surface area contributed by atoms with Crippen LogP contribution in [0.25, 0.3) is 0 Å². The van der Waals surface area contributed by atoms with Crippen LogP contribution in [-0.4, -0.2) is 37.1 Å². The highest BCUT2D eigenvalue weighted by Crippen LogP contribution is 2.31. The highest BCUT2D eigenvalue weighted by Gasteiger charge is 2.38. The number of rotatable bonds is 0. The van der Waals surface area contributed by atoms with Gasteiger partial charge in [-0.25, -0.2) is 0 Å². The molecule has 2 nitrogen and oxygen atoms in total. The molecule has 1 unspecified atom stereocenters. The van der Waals surface area contributed by atoms with Crippen molar-refractivity contribution in [3.63, 3.8) is 0 Å². The fourth-order valence-corrected chi connectivity index (χ4v) is 2.50. The molecule has 0 saturated carbocycles. The van der Waals surface area contributed by atoms with Gasteiger partial charge in [-0.3, -0.25) is 4.90 Å². The number of nitrogens with one attached hydrogen (secondary N) is 1. The summed E-state index contributed by atoms with van der Waals surface area (Å²) < 4.78 is 0. The van der Waals surface area contributed by atoms with E-state index < -0.39 is 0 Å². The molecule has 0 radical (unpaired) electrons. The lowest BCUT2D eigenvalue weighted by Crippen LogP contribution is -2.50. The minimum absolute atomic E-state index is 0.554. The Balaban J connectivity index is 0.000000293. The predicted octanol–water partition coefficient (Wildman–Crippen LogP) is 2.25. The van der Waals surface area contributed by atoms with Crippen LogP contribution in [-0.2, 0) is 0 Å². The van der Waals surface area contributed by atoms with Crippen molar-refractivity contribution in [1.82, 2.24) is 10.2 Å². The van der Waals surface area contributed by atoms with Crippen LogP contribution in [0.2, 0.25) is 0 Å². The van der Waals surface area contributed by atoms with E-state index in [0.717, 1.165) is 0 Å². The Hall–Kier alpha value is -0.0800. The van der Waals surface area contributed by atoms with Gasteiger partial charge in [0, 0.05) is 12.1 Å². The van der Waals surface area contributed by atoms with Gasteiger partial charge in [0.25, 0.3) is 0 Å².